The molecule has 0 saturated carbocycles. The lowest BCUT2D eigenvalue weighted by molar-refractivity contribution is -0.183. The van der Waals surface area contributed by atoms with E-state index in [0.717, 1.165) is 42.4 Å². The van der Waals surface area contributed by atoms with Crippen LogP contribution < -0.4 is 20.3 Å². The highest BCUT2D eigenvalue weighted by Gasteiger charge is 2.14. The zero-order valence-corrected chi connectivity index (χ0v) is 15.1. The fourth-order valence-electron chi connectivity index (χ4n) is 2.68. The molecule has 2 N–H and O–H groups in total. The lowest BCUT2D eigenvalue weighted by Crippen LogP contribution is -2.26. The maximum absolute atomic E-state index is 5.90. The number of methoxy groups -OCH3 is 1. The average Bonchev–Trinajstić information content (AvgIpc) is 2.70. The molecule has 0 spiro atoms. The molecule has 0 atom stereocenters. The van der Waals surface area contributed by atoms with E-state index in [4.69, 9.17) is 18.9 Å². The number of ether oxygens (including phenoxy) is 4. The molecule has 0 bridgehead atoms. The fourth-order valence-corrected chi connectivity index (χ4v) is 2.68. The highest BCUT2D eigenvalue weighted by molar-refractivity contribution is 5.44. The van der Waals surface area contributed by atoms with E-state index in [2.05, 4.69) is 10.9 Å². The standard InChI is InChI=1S/C20H26N2O4/c1-23-18-9-8-16(15-21-22-17-6-3-2-4-7-17)14-19(18)24-13-10-20-25-11-5-12-26-20/h2-4,6-9,14,20-22H,5,10-13,15H2,1H3. The largest absolute Gasteiger partial charge is 0.493 e. The first kappa shape index (κ1) is 18.5. The average molecular weight is 358 g/mol. The summed E-state index contributed by atoms with van der Waals surface area (Å²) in [6, 6.07) is 15.9. The van der Waals surface area contributed by atoms with Crippen LogP contribution >= 0.6 is 0 Å². The molecule has 1 saturated heterocycles. The van der Waals surface area contributed by atoms with Gasteiger partial charge in [0.25, 0.3) is 0 Å². The maximum Gasteiger partial charge on any atom is 0.161 e. The Bertz CT molecular complexity index is 660. The van der Waals surface area contributed by atoms with Gasteiger partial charge in [0.05, 0.1) is 26.9 Å². The first-order valence-electron chi connectivity index (χ1n) is 8.92. The van der Waals surface area contributed by atoms with E-state index in [-0.39, 0.29) is 6.29 Å². The summed E-state index contributed by atoms with van der Waals surface area (Å²) in [5.41, 5.74) is 8.49. The summed E-state index contributed by atoms with van der Waals surface area (Å²) in [5.74, 6) is 1.44. The van der Waals surface area contributed by atoms with Crippen molar-refractivity contribution < 1.29 is 18.9 Å². The van der Waals surface area contributed by atoms with Crippen molar-refractivity contribution in [3.63, 3.8) is 0 Å². The molecule has 26 heavy (non-hydrogen) atoms. The van der Waals surface area contributed by atoms with E-state index in [1.54, 1.807) is 7.11 Å². The molecule has 0 aromatic heterocycles. The molecule has 6 nitrogen and oxygen atoms in total. The van der Waals surface area contributed by atoms with Crippen molar-refractivity contribution in [1.82, 2.24) is 5.43 Å². The number of hydrogen-bond donors (Lipinski definition) is 2. The number of para-hydroxylation sites is 1. The highest BCUT2D eigenvalue weighted by Crippen LogP contribution is 2.28. The SMILES string of the molecule is COc1ccc(CNNc2ccccc2)cc1OCCC1OCCCO1. The molecule has 1 heterocycles. The van der Waals surface area contributed by atoms with E-state index >= 15 is 0 Å². The first-order chi connectivity index (χ1) is 12.8. The number of anilines is 1. The number of rotatable bonds is 9. The Balaban J connectivity index is 1.50. The first-order valence-corrected chi connectivity index (χ1v) is 8.92. The van der Waals surface area contributed by atoms with E-state index in [1.807, 2.05) is 48.5 Å². The number of hydrogen-bond acceptors (Lipinski definition) is 6. The third-order valence-electron chi connectivity index (χ3n) is 4.03. The molecule has 0 unspecified atom stereocenters. The Morgan fingerprint density at radius 1 is 1.04 bits per heavy atom. The molecule has 2 aromatic rings. The van der Waals surface area contributed by atoms with Crippen LogP contribution in [0.15, 0.2) is 48.5 Å². The molecule has 1 fully saturated rings. The molecule has 2 aromatic carbocycles. The van der Waals surface area contributed by atoms with Crippen LogP contribution in [0.3, 0.4) is 0 Å². The van der Waals surface area contributed by atoms with Crippen molar-refractivity contribution in [2.45, 2.75) is 25.7 Å². The van der Waals surface area contributed by atoms with Crippen molar-refractivity contribution in [1.29, 1.82) is 0 Å². The van der Waals surface area contributed by atoms with Crippen molar-refractivity contribution in [2.75, 3.05) is 32.4 Å². The van der Waals surface area contributed by atoms with Gasteiger partial charge in [-0.1, -0.05) is 24.3 Å². The summed E-state index contributed by atoms with van der Waals surface area (Å²) >= 11 is 0. The van der Waals surface area contributed by atoms with Gasteiger partial charge in [0, 0.05) is 18.7 Å². The van der Waals surface area contributed by atoms with Gasteiger partial charge >= 0.3 is 0 Å². The van der Waals surface area contributed by atoms with Crippen molar-refractivity contribution >= 4 is 5.69 Å². The molecule has 1 aliphatic heterocycles. The van der Waals surface area contributed by atoms with Gasteiger partial charge in [0.1, 0.15) is 0 Å². The van der Waals surface area contributed by atoms with Gasteiger partial charge < -0.3 is 24.4 Å². The fraction of sp³-hybridized carbons (Fsp3) is 0.400. The van der Waals surface area contributed by atoms with Gasteiger partial charge in [0.2, 0.25) is 0 Å². The van der Waals surface area contributed by atoms with Crippen molar-refractivity contribution in [3.8, 4) is 11.5 Å². The smallest absolute Gasteiger partial charge is 0.161 e. The van der Waals surface area contributed by atoms with Crippen LogP contribution in [-0.2, 0) is 16.0 Å². The molecule has 0 radical (unpaired) electrons. The Kier molecular flexibility index (Phi) is 7.13. The zero-order chi connectivity index (χ0) is 18.0. The van der Waals surface area contributed by atoms with Gasteiger partial charge in [-0.05, 0) is 36.2 Å². The zero-order valence-electron chi connectivity index (χ0n) is 15.1. The van der Waals surface area contributed by atoms with Crippen LogP contribution in [0.25, 0.3) is 0 Å². The van der Waals surface area contributed by atoms with Gasteiger partial charge in [-0.25, -0.2) is 5.43 Å². The molecular formula is C20H26N2O4. The van der Waals surface area contributed by atoms with Gasteiger partial charge in [-0.2, -0.15) is 0 Å². The van der Waals surface area contributed by atoms with Crippen LogP contribution in [0.2, 0.25) is 0 Å². The van der Waals surface area contributed by atoms with E-state index in [1.165, 1.54) is 0 Å². The van der Waals surface area contributed by atoms with Gasteiger partial charge in [-0.15, -0.1) is 0 Å². The van der Waals surface area contributed by atoms with Crippen molar-refractivity contribution in [2.24, 2.45) is 0 Å². The van der Waals surface area contributed by atoms with Crippen LogP contribution in [0, 0.1) is 0 Å². The lowest BCUT2D eigenvalue weighted by atomic mass is 10.2. The van der Waals surface area contributed by atoms with Crippen LogP contribution in [0.4, 0.5) is 5.69 Å². The van der Waals surface area contributed by atoms with Crippen molar-refractivity contribution in [3.05, 3.63) is 54.1 Å². The van der Waals surface area contributed by atoms with Crippen LogP contribution in [0.1, 0.15) is 18.4 Å². The van der Waals surface area contributed by atoms with E-state index in [0.29, 0.717) is 19.6 Å². The maximum atomic E-state index is 5.90. The summed E-state index contributed by atoms with van der Waals surface area (Å²) in [6.07, 6.45) is 1.48. The Hall–Kier alpha value is -2.28. The summed E-state index contributed by atoms with van der Waals surface area (Å²) in [6.45, 7) is 2.68. The molecule has 6 heteroatoms. The number of nitrogens with one attached hydrogen (secondary N) is 2. The number of benzene rings is 2. The van der Waals surface area contributed by atoms with Gasteiger partial charge in [-0.3, -0.25) is 0 Å². The summed E-state index contributed by atoms with van der Waals surface area (Å²) in [7, 11) is 1.64. The second-order valence-electron chi connectivity index (χ2n) is 5.99. The lowest BCUT2D eigenvalue weighted by Gasteiger charge is -2.23. The Labute approximate surface area is 154 Å². The quantitative estimate of drug-likeness (QED) is 0.671. The summed E-state index contributed by atoms with van der Waals surface area (Å²) in [4.78, 5) is 0. The highest BCUT2D eigenvalue weighted by atomic mass is 16.7. The Morgan fingerprint density at radius 2 is 1.85 bits per heavy atom. The number of hydrazine groups is 1. The summed E-state index contributed by atoms with van der Waals surface area (Å²) in [5, 5.41) is 0. The molecular weight excluding hydrogens is 332 g/mol. The second-order valence-corrected chi connectivity index (χ2v) is 5.99. The predicted molar refractivity (Wildman–Crippen MR) is 100 cm³/mol. The molecule has 140 valence electrons. The van der Waals surface area contributed by atoms with Gasteiger partial charge in [0.15, 0.2) is 17.8 Å². The normalized spacial score (nSPS) is 14.8. The van der Waals surface area contributed by atoms with E-state index in [9.17, 15) is 0 Å². The van der Waals surface area contributed by atoms with Crippen LogP contribution in [0.5, 0.6) is 11.5 Å². The topological polar surface area (TPSA) is 61.0 Å². The third-order valence-corrected chi connectivity index (χ3v) is 4.03. The molecule has 0 amide bonds. The minimum Gasteiger partial charge on any atom is -0.493 e. The molecule has 1 aliphatic rings. The molecule has 3 rings (SSSR count). The third kappa shape index (κ3) is 5.62. The Morgan fingerprint density at radius 3 is 2.62 bits per heavy atom. The summed E-state index contributed by atoms with van der Waals surface area (Å²) < 4.78 is 22.4. The second kappa shape index (κ2) is 10.0. The molecule has 0 aliphatic carbocycles. The van der Waals surface area contributed by atoms with Crippen LogP contribution in [-0.4, -0.2) is 33.2 Å². The monoisotopic (exact) mass is 358 g/mol. The predicted octanol–water partition coefficient (Wildman–Crippen LogP) is 3.34. The minimum absolute atomic E-state index is 0.172. The minimum atomic E-state index is -0.172. The van der Waals surface area contributed by atoms with E-state index < -0.39 is 0 Å².